The van der Waals surface area contributed by atoms with Gasteiger partial charge in [-0.3, -0.25) is 0 Å². The lowest BCUT2D eigenvalue weighted by atomic mass is 9.78. The molecule has 0 spiro atoms. The fourth-order valence-corrected chi connectivity index (χ4v) is 0.966. The predicted octanol–water partition coefficient (Wildman–Crippen LogP) is 4.23. The number of thiocarbonyl (C=S) groups is 1. The molecule has 0 saturated heterocycles. The summed E-state index contributed by atoms with van der Waals surface area (Å²) in [5.41, 5.74) is 0.671. The van der Waals surface area contributed by atoms with Crippen molar-refractivity contribution < 1.29 is 0 Å². The molecular formula is C11H22S. The van der Waals surface area contributed by atoms with E-state index in [0.29, 0.717) is 5.41 Å². The Labute approximate surface area is 82.7 Å². The zero-order valence-corrected chi connectivity index (χ0v) is 10.1. The summed E-state index contributed by atoms with van der Waals surface area (Å²) in [5, 5.41) is 0. The van der Waals surface area contributed by atoms with Crippen molar-refractivity contribution >= 4 is 17.1 Å². The predicted molar refractivity (Wildman–Crippen MR) is 60.7 cm³/mol. The first-order valence-electron chi connectivity index (χ1n) is 4.66. The van der Waals surface area contributed by atoms with Crippen LogP contribution in [0.2, 0.25) is 0 Å². The van der Waals surface area contributed by atoms with Crippen LogP contribution in [0.15, 0.2) is 0 Å². The molecule has 0 bridgehead atoms. The van der Waals surface area contributed by atoms with Gasteiger partial charge in [-0.15, -0.1) is 0 Å². The van der Waals surface area contributed by atoms with Gasteiger partial charge in [0.05, 0.1) is 0 Å². The molecule has 0 amide bonds. The van der Waals surface area contributed by atoms with Crippen molar-refractivity contribution in [2.24, 2.45) is 10.8 Å². The van der Waals surface area contributed by atoms with Crippen LogP contribution in [0.1, 0.15) is 54.4 Å². The van der Waals surface area contributed by atoms with Gasteiger partial charge in [-0.05, 0) is 35.5 Å². The van der Waals surface area contributed by atoms with Crippen LogP contribution in [0.4, 0.5) is 0 Å². The summed E-state index contributed by atoms with van der Waals surface area (Å²) in [6.45, 7) is 13.4. The second-order valence-corrected chi connectivity index (χ2v) is 6.11. The summed E-state index contributed by atoms with van der Waals surface area (Å²) in [6, 6.07) is 0. The summed E-state index contributed by atoms with van der Waals surface area (Å²) < 4.78 is 0. The molecule has 0 aromatic carbocycles. The molecule has 0 rings (SSSR count). The molecule has 0 aromatic heterocycles. The monoisotopic (exact) mass is 186 g/mol. The van der Waals surface area contributed by atoms with Crippen LogP contribution in [0.25, 0.3) is 0 Å². The maximum atomic E-state index is 5.22. The highest BCUT2D eigenvalue weighted by Gasteiger charge is 2.22. The van der Waals surface area contributed by atoms with E-state index in [-0.39, 0.29) is 5.41 Å². The third-order valence-corrected chi connectivity index (χ3v) is 3.01. The van der Waals surface area contributed by atoms with Gasteiger partial charge in [-0.1, -0.05) is 46.8 Å². The standard InChI is InChI=1S/C11H22S/c1-9(12)11(5,6)8-7-10(2,3)4/h7-8H2,1-6H3. The topological polar surface area (TPSA) is 0 Å². The van der Waals surface area contributed by atoms with Crippen LogP contribution < -0.4 is 0 Å². The van der Waals surface area contributed by atoms with Crippen molar-refractivity contribution in [2.45, 2.75) is 54.4 Å². The van der Waals surface area contributed by atoms with Gasteiger partial charge in [-0.2, -0.15) is 0 Å². The van der Waals surface area contributed by atoms with Crippen molar-refractivity contribution in [3.8, 4) is 0 Å². The van der Waals surface area contributed by atoms with Gasteiger partial charge in [0.25, 0.3) is 0 Å². The van der Waals surface area contributed by atoms with E-state index in [0.717, 1.165) is 4.86 Å². The average molecular weight is 186 g/mol. The summed E-state index contributed by atoms with van der Waals surface area (Å²) in [7, 11) is 0. The van der Waals surface area contributed by atoms with Crippen molar-refractivity contribution in [2.75, 3.05) is 0 Å². The molecule has 72 valence electrons. The first kappa shape index (κ1) is 12.1. The molecule has 0 aliphatic heterocycles. The smallest absolute Gasteiger partial charge is 0.00425 e. The normalized spacial score (nSPS) is 13.2. The van der Waals surface area contributed by atoms with E-state index in [4.69, 9.17) is 12.2 Å². The Morgan fingerprint density at radius 2 is 1.42 bits per heavy atom. The van der Waals surface area contributed by atoms with Crippen LogP contribution in [0, 0.1) is 10.8 Å². The molecule has 0 atom stereocenters. The largest absolute Gasteiger partial charge is 0.0894 e. The molecule has 1 heteroatoms. The first-order valence-corrected chi connectivity index (χ1v) is 5.07. The Morgan fingerprint density at radius 3 is 1.67 bits per heavy atom. The van der Waals surface area contributed by atoms with Gasteiger partial charge in [0.1, 0.15) is 0 Å². The second-order valence-electron chi connectivity index (χ2n) is 5.50. The lowest BCUT2D eigenvalue weighted by molar-refractivity contribution is 0.313. The Morgan fingerprint density at radius 1 is 1.00 bits per heavy atom. The van der Waals surface area contributed by atoms with Gasteiger partial charge >= 0.3 is 0 Å². The molecule has 0 fully saturated rings. The minimum Gasteiger partial charge on any atom is -0.0894 e. The Balaban J connectivity index is 4.01. The maximum Gasteiger partial charge on any atom is -0.00425 e. The number of hydrogen-bond donors (Lipinski definition) is 0. The molecule has 0 saturated carbocycles. The van der Waals surface area contributed by atoms with E-state index in [9.17, 15) is 0 Å². The fraction of sp³-hybridized carbons (Fsp3) is 0.909. The van der Waals surface area contributed by atoms with Crippen LogP contribution in [-0.4, -0.2) is 4.86 Å². The van der Waals surface area contributed by atoms with Crippen LogP contribution in [0.5, 0.6) is 0 Å². The minimum absolute atomic E-state index is 0.239. The third kappa shape index (κ3) is 4.87. The molecule has 0 nitrogen and oxygen atoms in total. The SMILES string of the molecule is CC(=S)C(C)(C)CCC(C)(C)C. The summed E-state index contributed by atoms with van der Waals surface area (Å²) in [4.78, 5) is 1.13. The van der Waals surface area contributed by atoms with Gasteiger partial charge in [0, 0.05) is 0 Å². The molecule has 0 aromatic rings. The second kappa shape index (κ2) is 3.87. The third-order valence-electron chi connectivity index (χ3n) is 2.45. The van der Waals surface area contributed by atoms with E-state index < -0.39 is 0 Å². The molecular weight excluding hydrogens is 164 g/mol. The van der Waals surface area contributed by atoms with Crippen molar-refractivity contribution in [1.82, 2.24) is 0 Å². The van der Waals surface area contributed by atoms with E-state index in [1.165, 1.54) is 12.8 Å². The zero-order chi connectivity index (χ0) is 9.99. The lowest BCUT2D eigenvalue weighted by Crippen LogP contribution is -2.22. The first-order chi connectivity index (χ1) is 5.15. The molecule has 0 aliphatic rings. The quantitative estimate of drug-likeness (QED) is 0.594. The Bertz CT molecular complexity index is 160. The van der Waals surface area contributed by atoms with Crippen molar-refractivity contribution in [3.63, 3.8) is 0 Å². The van der Waals surface area contributed by atoms with Gasteiger partial charge in [0.15, 0.2) is 0 Å². The maximum absolute atomic E-state index is 5.22. The molecule has 0 aliphatic carbocycles. The van der Waals surface area contributed by atoms with Crippen molar-refractivity contribution in [3.05, 3.63) is 0 Å². The van der Waals surface area contributed by atoms with Crippen LogP contribution in [-0.2, 0) is 0 Å². The van der Waals surface area contributed by atoms with Gasteiger partial charge < -0.3 is 0 Å². The van der Waals surface area contributed by atoms with Gasteiger partial charge in [0.2, 0.25) is 0 Å². The highest BCUT2D eigenvalue weighted by Crippen LogP contribution is 2.31. The minimum atomic E-state index is 0.239. The van der Waals surface area contributed by atoms with Gasteiger partial charge in [-0.25, -0.2) is 0 Å². The number of hydrogen-bond acceptors (Lipinski definition) is 1. The summed E-state index contributed by atoms with van der Waals surface area (Å²) >= 11 is 5.22. The highest BCUT2D eigenvalue weighted by atomic mass is 32.1. The average Bonchev–Trinajstić information content (AvgIpc) is 1.82. The number of rotatable bonds is 3. The molecule has 12 heavy (non-hydrogen) atoms. The Hall–Kier alpha value is 0.0900. The molecule has 0 radical (unpaired) electrons. The molecule has 0 N–H and O–H groups in total. The fourth-order valence-electron chi connectivity index (χ4n) is 0.864. The molecule has 0 unspecified atom stereocenters. The summed E-state index contributed by atoms with van der Waals surface area (Å²) in [5.74, 6) is 0. The van der Waals surface area contributed by atoms with E-state index in [1.54, 1.807) is 0 Å². The highest BCUT2D eigenvalue weighted by molar-refractivity contribution is 7.80. The van der Waals surface area contributed by atoms with Crippen LogP contribution >= 0.6 is 12.2 Å². The summed E-state index contributed by atoms with van der Waals surface area (Å²) in [6.07, 6.45) is 2.44. The Kier molecular flexibility index (Phi) is 3.89. The van der Waals surface area contributed by atoms with E-state index in [1.807, 2.05) is 0 Å². The lowest BCUT2D eigenvalue weighted by Gasteiger charge is -2.28. The molecule has 0 heterocycles. The van der Waals surface area contributed by atoms with E-state index >= 15 is 0 Å². The van der Waals surface area contributed by atoms with Crippen molar-refractivity contribution in [1.29, 1.82) is 0 Å². The van der Waals surface area contributed by atoms with E-state index in [2.05, 4.69) is 41.5 Å². The van der Waals surface area contributed by atoms with Crippen LogP contribution in [0.3, 0.4) is 0 Å². The zero-order valence-electron chi connectivity index (χ0n) is 9.32.